The second-order valence-corrected chi connectivity index (χ2v) is 11.6. The lowest BCUT2D eigenvalue weighted by atomic mass is 9.86. The number of thiophene rings is 1. The smallest absolute Gasteiger partial charge is 0.350 e. The average Bonchev–Trinajstić information content (AvgIpc) is 3.35. The number of aromatic hydroxyl groups is 1. The molecule has 2 heterocycles. The molecule has 1 atom stereocenters. The zero-order valence-electron chi connectivity index (χ0n) is 24.5. The number of methoxy groups -OCH3 is 1. The number of nitrogens with one attached hydrogen (secondary N) is 1. The molecule has 0 saturated heterocycles. The van der Waals surface area contributed by atoms with Crippen LogP contribution in [-0.2, 0) is 16.0 Å². The summed E-state index contributed by atoms with van der Waals surface area (Å²) in [5, 5.41) is 12.8. The summed E-state index contributed by atoms with van der Waals surface area (Å²) in [4.78, 5) is 35.8. The van der Waals surface area contributed by atoms with Gasteiger partial charge in [0.1, 0.15) is 17.1 Å². The minimum absolute atomic E-state index is 0.0201. The number of ether oxygens (including phenoxy) is 1. The van der Waals surface area contributed by atoms with Crippen molar-refractivity contribution < 1.29 is 23.8 Å². The fourth-order valence-corrected chi connectivity index (χ4v) is 5.29. The Kier molecular flexibility index (Phi) is 16.8. The molecule has 1 unspecified atom stereocenters. The topological polar surface area (TPSA) is 106 Å². The average molecular weight is 562 g/mol. The summed E-state index contributed by atoms with van der Waals surface area (Å²) in [5.74, 6) is 0.346. The van der Waals surface area contributed by atoms with E-state index < -0.39 is 11.4 Å². The Bertz CT molecular complexity index is 1070. The number of hydrogen-bond donors (Lipinski definition) is 2. The van der Waals surface area contributed by atoms with Crippen LogP contribution in [0.5, 0.6) is 5.75 Å². The van der Waals surface area contributed by atoms with Gasteiger partial charge in [-0.25, -0.2) is 4.79 Å². The summed E-state index contributed by atoms with van der Waals surface area (Å²) in [6.45, 7) is 7.83. The molecule has 3 rings (SSSR count). The van der Waals surface area contributed by atoms with Crippen molar-refractivity contribution >= 4 is 23.6 Å². The highest BCUT2D eigenvalue weighted by Crippen LogP contribution is 2.29. The van der Waals surface area contributed by atoms with Gasteiger partial charge in [-0.05, 0) is 56.9 Å². The molecule has 1 aliphatic carbocycles. The summed E-state index contributed by atoms with van der Waals surface area (Å²) >= 11 is 1.98. The van der Waals surface area contributed by atoms with Crippen molar-refractivity contribution in [2.24, 2.45) is 11.8 Å². The van der Waals surface area contributed by atoms with Crippen molar-refractivity contribution in [2.45, 2.75) is 91.4 Å². The lowest BCUT2D eigenvalue weighted by Gasteiger charge is -2.20. The van der Waals surface area contributed by atoms with Gasteiger partial charge < -0.3 is 19.6 Å². The van der Waals surface area contributed by atoms with Crippen LogP contribution in [0.1, 0.15) is 104 Å². The van der Waals surface area contributed by atoms with E-state index in [1.165, 1.54) is 63.0 Å². The lowest BCUT2D eigenvalue weighted by molar-refractivity contribution is -0.126. The molecule has 0 bridgehead atoms. The van der Waals surface area contributed by atoms with Crippen molar-refractivity contribution in [3.8, 4) is 5.75 Å². The van der Waals surface area contributed by atoms with Gasteiger partial charge in [0.05, 0.1) is 7.11 Å². The quantitative estimate of drug-likeness (QED) is 0.221. The molecule has 2 aromatic rings. The van der Waals surface area contributed by atoms with Gasteiger partial charge >= 0.3 is 5.63 Å². The van der Waals surface area contributed by atoms with Crippen LogP contribution in [-0.4, -0.2) is 31.5 Å². The van der Waals surface area contributed by atoms with Gasteiger partial charge in [0.2, 0.25) is 0 Å². The van der Waals surface area contributed by atoms with Crippen LogP contribution in [0.15, 0.2) is 39.7 Å². The van der Waals surface area contributed by atoms with Crippen LogP contribution in [0, 0.1) is 18.8 Å². The minimum Gasteiger partial charge on any atom is -0.507 e. The van der Waals surface area contributed by atoms with E-state index in [1.54, 1.807) is 18.7 Å². The first kappa shape index (κ1) is 34.2. The standard InChI is InChI=1S/C16H23NO4.C13H20S.C2H4O2/c1-10(2)15(19)14-12(18)9-13(21-16(14)20)11(3)7-5-6-8-17-4;1-11-7-9-13(14-11)10-8-12-5-3-2-4-6-12;1-4-2-3/h6,8-11,17-18H,5,7H2,1-4H3;7,9,12H,2-6,8,10H2,1H3;2H,1H3/b8-6+;;. The first-order valence-electron chi connectivity index (χ1n) is 13.9. The molecule has 1 aliphatic rings. The predicted octanol–water partition coefficient (Wildman–Crippen LogP) is 7.16. The monoisotopic (exact) mass is 561 g/mol. The number of allylic oxidation sites excluding steroid dienone is 1. The van der Waals surface area contributed by atoms with Crippen molar-refractivity contribution in [1.82, 2.24) is 5.32 Å². The molecule has 8 heteroatoms. The van der Waals surface area contributed by atoms with Crippen LogP contribution >= 0.6 is 11.3 Å². The number of hydrogen-bond acceptors (Lipinski definition) is 8. The molecule has 1 fully saturated rings. The minimum atomic E-state index is -0.763. The van der Waals surface area contributed by atoms with Crippen LogP contribution < -0.4 is 10.9 Å². The molecule has 2 N–H and O–H groups in total. The van der Waals surface area contributed by atoms with Crippen molar-refractivity contribution in [1.29, 1.82) is 0 Å². The Labute approximate surface area is 237 Å². The van der Waals surface area contributed by atoms with Crippen LogP contribution in [0.25, 0.3) is 0 Å². The SMILES string of the molecule is CN/C=C/CCC(C)c1cc(O)c(C(=O)C(C)C)c(=O)o1.COC=O.Cc1ccc(CCC2CCCCC2)s1. The fraction of sp³-hybridized carbons (Fsp3) is 0.581. The second kappa shape index (κ2) is 19.2. The number of rotatable bonds is 11. The van der Waals surface area contributed by atoms with E-state index in [9.17, 15) is 14.7 Å². The molecule has 39 heavy (non-hydrogen) atoms. The maximum atomic E-state index is 11.9. The molecule has 2 aromatic heterocycles. The molecule has 0 radical (unpaired) electrons. The molecule has 1 saturated carbocycles. The van der Waals surface area contributed by atoms with Gasteiger partial charge in [-0.15, -0.1) is 11.3 Å². The molecule has 0 aliphatic heterocycles. The largest absolute Gasteiger partial charge is 0.507 e. The normalized spacial score (nSPS) is 14.1. The Hall–Kier alpha value is -2.87. The Balaban J connectivity index is 0.000000361. The van der Waals surface area contributed by atoms with Gasteiger partial charge in [0.25, 0.3) is 6.47 Å². The molecule has 0 aromatic carbocycles. The first-order chi connectivity index (χ1) is 18.6. The zero-order chi connectivity index (χ0) is 29.2. The summed E-state index contributed by atoms with van der Waals surface area (Å²) in [7, 11) is 3.13. The maximum Gasteiger partial charge on any atom is 0.350 e. The number of aryl methyl sites for hydroxylation is 2. The van der Waals surface area contributed by atoms with E-state index in [4.69, 9.17) is 9.21 Å². The highest BCUT2D eigenvalue weighted by Gasteiger charge is 2.22. The number of Topliss-reactive ketones (excluding diaryl/α,β-unsaturated/α-hetero) is 1. The number of carbonyl (C=O) groups is 2. The van der Waals surface area contributed by atoms with Gasteiger partial charge in [-0.1, -0.05) is 59.0 Å². The summed E-state index contributed by atoms with van der Waals surface area (Å²) in [6, 6.07) is 5.94. The molecule has 218 valence electrons. The third kappa shape index (κ3) is 13.2. The van der Waals surface area contributed by atoms with E-state index in [-0.39, 0.29) is 23.1 Å². The van der Waals surface area contributed by atoms with Crippen LogP contribution in [0.2, 0.25) is 0 Å². The maximum absolute atomic E-state index is 11.9. The Morgan fingerprint density at radius 2 is 1.90 bits per heavy atom. The number of ketones is 1. The Morgan fingerprint density at radius 3 is 2.41 bits per heavy atom. The molecular weight excluding hydrogens is 514 g/mol. The second-order valence-electron chi connectivity index (χ2n) is 10.3. The van der Waals surface area contributed by atoms with E-state index in [2.05, 4.69) is 29.1 Å². The highest BCUT2D eigenvalue weighted by molar-refractivity contribution is 7.11. The van der Waals surface area contributed by atoms with Gasteiger partial charge in [0.15, 0.2) is 5.78 Å². The fourth-order valence-electron chi connectivity index (χ4n) is 4.39. The predicted molar refractivity (Wildman–Crippen MR) is 159 cm³/mol. The van der Waals surface area contributed by atoms with Crippen LogP contribution in [0.3, 0.4) is 0 Å². The van der Waals surface area contributed by atoms with Crippen molar-refractivity contribution in [3.05, 3.63) is 62.0 Å². The first-order valence-corrected chi connectivity index (χ1v) is 14.7. The van der Waals surface area contributed by atoms with E-state index >= 15 is 0 Å². The molecule has 0 spiro atoms. The Morgan fingerprint density at radius 1 is 1.23 bits per heavy atom. The summed E-state index contributed by atoms with van der Waals surface area (Å²) in [5.41, 5.74) is -1.02. The molecular formula is C31H47NO6S. The molecule has 7 nitrogen and oxygen atoms in total. The van der Waals surface area contributed by atoms with Gasteiger partial charge in [-0.3, -0.25) is 9.59 Å². The van der Waals surface area contributed by atoms with Gasteiger partial charge in [0, 0.05) is 34.7 Å². The summed E-state index contributed by atoms with van der Waals surface area (Å²) < 4.78 is 9.06. The van der Waals surface area contributed by atoms with E-state index in [0.717, 1.165) is 18.8 Å². The van der Waals surface area contributed by atoms with Gasteiger partial charge in [-0.2, -0.15) is 0 Å². The lowest BCUT2D eigenvalue weighted by Crippen LogP contribution is -2.19. The zero-order valence-corrected chi connectivity index (χ0v) is 25.3. The van der Waals surface area contributed by atoms with E-state index in [1.807, 2.05) is 37.6 Å². The van der Waals surface area contributed by atoms with Crippen molar-refractivity contribution in [3.63, 3.8) is 0 Å². The van der Waals surface area contributed by atoms with Crippen molar-refractivity contribution in [2.75, 3.05) is 14.2 Å². The third-order valence-corrected chi connectivity index (χ3v) is 7.73. The van der Waals surface area contributed by atoms with E-state index in [0.29, 0.717) is 12.2 Å². The highest BCUT2D eigenvalue weighted by atomic mass is 32.1. The third-order valence-electron chi connectivity index (χ3n) is 6.67. The number of carbonyl (C=O) groups excluding carboxylic acids is 2. The van der Waals surface area contributed by atoms with Crippen LogP contribution in [0.4, 0.5) is 0 Å². The molecule has 0 amide bonds. The summed E-state index contributed by atoms with van der Waals surface area (Å²) in [6.07, 6.45) is 15.6.